The molecular weight excluding hydrogens is 308 g/mol. The van der Waals surface area contributed by atoms with Crippen molar-refractivity contribution in [2.75, 3.05) is 39.6 Å². The van der Waals surface area contributed by atoms with Crippen LogP contribution >= 0.6 is 0 Å². The first-order valence-corrected chi connectivity index (χ1v) is 8.81. The number of fused-ring (bicyclic) bond motifs is 1. The summed E-state index contributed by atoms with van der Waals surface area (Å²) in [5.74, 6) is 0.912. The van der Waals surface area contributed by atoms with Gasteiger partial charge in [-0.15, -0.1) is 0 Å². The van der Waals surface area contributed by atoms with Crippen LogP contribution in [-0.2, 0) is 14.2 Å². The Bertz CT molecular complexity index is 561. The molecule has 6 heteroatoms. The van der Waals surface area contributed by atoms with Gasteiger partial charge >= 0.3 is 0 Å². The summed E-state index contributed by atoms with van der Waals surface area (Å²) in [5, 5.41) is 0. The molecule has 1 aromatic heterocycles. The van der Waals surface area contributed by atoms with Crippen LogP contribution in [0.2, 0.25) is 0 Å². The zero-order valence-electron chi connectivity index (χ0n) is 13.8. The number of likely N-dealkylation sites (tertiary alicyclic amines) is 1. The van der Waals surface area contributed by atoms with Crippen molar-refractivity contribution in [2.24, 2.45) is 11.8 Å². The topological polar surface area (TPSA) is 60.9 Å². The van der Waals surface area contributed by atoms with Crippen LogP contribution in [0, 0.1) is 11.8 Å². The highest BCUT2D eigenvalue weighted by atomic mass is 16.5. The van der Waals surface area contributed by atoms with E-state index in [4.69, 9.17) is 14.2 Å². The van der Waals surface area contributed by atoms with Crippen LogP contribution in [0.25, 0.3) is 0 Å². The van der Waals surface area contributed by atoms with Gasteiger partial charge in [0.25, 0.3) is 5.91 Å². The second-order valence-corrected chi connectivity index (χ2v) is 6.89. The summed E-state index contributed by atoms with van der Waals surface area (Å²) in [5.41, 5.74) is 0.681. The Labute approximate surface area is 142 Å². The zero-order chi connectivity index (χ0) is 16.4. The lowest BCUT2D eigenvalue weighted by molar-refractivity contribution is -0.0251. The molecule has 3 atom stereocenters. The lowest BCUT2D eigenvalue weighted by atomic mass is 10.00. The van der Waals surface area contributed by atoms with E-state index in [2.05, 4.69) is 4.98 Å². The maximum absolute atomic E-state index is 12.8. The number of ether oxygens (including phenoxy) is 3. The molecule has 0 aromatic carbocycles. The van der Waals surface area contributed by atoms with E-state index in [0.717, 1.165) is 32.7 Å². The Balaban J connectivity index is 1.41. The number of rotatable bonds is 4. The van der Waals surface area contributed by atoms with E-state index in [0.29, 0.717) is 31.2 Å². The third kappa shape index (κ3) is 3.18. The molecule has 3 aliphatic rings. The van der Waals surface area contributed by atoms with Crippen LogP contribution < -0.4 is 0 Å². The van der Waals surface area contributed by atoms with Crippen LogP contribution in [-0.4, -0.2) is 67.5 Å². The lowest BCUT2D eigenvalue weighted by Gasteiger charge is -2.25. The standard InChI is InChI=1S/C18H24N2O4/c21-18(14-1-5-19-6-2-14)20-9-17(15-11-23-12-16(15)20)24-10-13-3-7-22-8-4-13/h1-2,5-6,13,15-17H,3-4,7-12H2/t15-,16+,17-/m1/s1. The lowest BCUT2D eigenvalue weighted by Crippen LogP contribution is -2.38. The predicted molar refractivity (Wildman–Crippen MR) is 86.7 cm³/mol. The molecule has 24 heavy (non-hydrogen) atoms. The molecule has 4 rings (SSSR count). The van der Waals surface area contributed by atoms with Crippen molar-refractivity contribution in [1.29, 1.82) is 0 Å². The van der Waals surface area contributed by atoms with Gasteiger partial charge in [0.1, 0.15) is 0 Å². The number of pyridine rings is 1. The van der Waals surface area contributed by atoms with Crippen LogP contribution in [0.15, 0.2) is 24.5 Å². The average Bonchev–Trinajstić information content (AvgIpc) is 3.24. The van der Waals surface area contributed by atoms with E-state index in [1.807, 2.05) is 4.90 Å². The molecule has 3 fully saturated rings. The molecule has 3 saturated heterocycles. The summed E-state index contributed by atoms with van der Waals surface area (Å²) in [7, 11) is 0. The van der Waals surface area contributed by atoms with E-state index in [-0.39, 0.29) is 24.0 Å². The summed E-state index contributed by atoms with van der Waals surface area (Å²) in [6.07, 6.45) is 5.52. The van der Waals surface area contributed by atoms with E-state index in [1.165, 1.54) is 0 Å². The summed E-state index contributed by atoms with van der Waals surface area (Å²) >= 11 is 0. The summed E-state index contributed by atoms with van der Waals surface area (Å²) in [4.78, 5) is 18.7. The number of nitrogens with zero attached hydrogens (tertiary/aromatic N) is 2. The number of hydrogen-bond donors (Lipinski definition) is 0. The fraction of sp³-hybridized carbons (Fsp3) is 0.667. The minimum atomic E-state index is 0.0510. The summed E-state index contributed by atoms with van der Waals surface area (Å²) in [6, 6.07) is 3.66. The van der Waals surface area contributed by atoms with Crippen molar-refractivity contribution >= 4 is 5.91 Å². The number of carbonyl (C=O) groups is 1. The minimum absolute atomic E-state index is 0.0510. The normalized spacial score (nSPS) is 30.5. The van der Waals surface area contributed by atoms with E-state index in [1.54, 1.807) is 24.5 Å². The highest BCUT2D eigenvalue weighted by Crippen LogP contribution is 2.33. The van der Waals surface area contributed by atoms with Crippen LogP contribution in [0.5, 0.6) is 0 Å². The Morgan fingerprint density at radius 1 is 1.21 bits per heavy atom. The molecule has 3 aliphatic heterocycles. The second kappa shape index (κ2) is 7.17. The molecule has 6 nitrogen and oxygen atoms in total. The average molecular weight is 332 g/mol. The van der Waals surface area contributed by atoms with Crippen molar-refractivity contribution in [2.45, 2.75) is 25.0 Å². The Hall–Kier alpha value is -1.50. The highest BCUT2D eigenvalue weighted by Gasteiger charge is 2.48. The third-order valence-electron chi connectivity index (χ3n) is 5.42. The fourth-order valence-electron chi connectivity index (χ4n) is 3.94. The molecule has 1 amide bonds. The van der Waals surface area contributed by atoms with Crippen molar-refractivity contribution in [3.05, 3.63) is 30.1 Å². The predicted octanol–water partition coefficient (Wildman–Crippen LogP) is 1.36. The van der Waals surface area contributed by atoms with Crippen molar-refractivity contribution in [3.63, 3.8) is 0 Å². The van der Waals surface area contributed by atoms with Gasteiger partial charge in [0.05, 0.1) is 32.0 Å². The van der Waals surface area contributed by atoms with Crippen LogP contribution in [0.3, 0.4) is 0 Å². The molecule has 1 aromatic rings. The highest BCUT2D eigenvalue weighted by molar-refractivity contribution is 5.94. The first kappa shape index (κ1) is 16.0. The van der Waals surface area contributed by atoms with E-state index >= 15 is 0 Å². The second-order valence-electron chi connectivity index (χ2n) is 6.89. The molecule has 0 N–H and O–H groups in total. The SMILES string of the molecule is O=C(c1ccncc1)N1C[C@@H](OCC2CCOCC2)[C@@H]2COC[C@@H]21. The maximum Gasteiger partial charge on any atom is 0.254 e. The van der Waals surface area contributed by atoms with Crippen molar-refractivity contribution in [3.8, 4) is 0 Å². The first-order chi connectivity index (χ1) is 11.8. The van der Waals surface area contributed by atoms with Gasteiger partial charge in [-0.2, -0.15) is 0 Å². The summed E-state index contributed by atoms with van der Waals surface area (Å²) < 4.78 is 17.3. The largest absolute Gasteiger partial charge is 0.381 e. The first-order valence-electron chi connectivity index (χ1n) is 8.81. The minimum Gasteiger partial charge on any atom is -0.381 e. The van der Waals surface area contributed by atoms with Crippen molar-refractivity contribution < 1.29 is 19.0 Å². The summed E-state index contributed by atoms with van der Waals surface area (Å²) in [6.45, 7) is 4.38. The fourth-order valence-corrected chi connectivity index (χ4v) is 3.94. The van der Waals surface area contributed by atoms with Crippen molar-refractivity contribution in [1.82, 2.24) is 9.88 Å². The van der Waals surface area contributed by atoms with Gasteiger partial charge in [-0.25, -0.2) is 0 Å². The quantitative estimate of drug-likeness (QED) is 0.833. The van der Waals surface area contributed by atoms with E-state index < -0.39 is 0 Å². The Kier molecular flexibility index (Phi) is 4.78. The van der Waals surface area contributed by atoms with Gasteiger partial charge in [-0.3, -0.25) is 9.78 Å². The molecule has 0 saturated carbocycles. The van der Waals surface area contributed by atoms with Gasteiger partial charge in [0.2, 0.25) is 0 Å². The van der Waals surface area contributed by atoms with Gasteiger partial charge in [-0.05, 0) is 30.9 Å². The molecule has 0 radical (unpaired) electrons. The number of amides is 1. The van der Waals surface area contributed by atoms with Gasteiger partial charge in [0, 0.05) is 43.6 Å². The smallest absolute Gasteiger partial charge is 0.254 e. The molecule has 0 aliphatic carbocycles. The number of hydrogen-bond acceptors (Lipinski definition) is 5. The van der Waals surface area contributed by atoms with Crippen LogP contribution in [0.1, 0.15) is 23.2 Å². The van der Waals surface area contributed by atoms with Gasteiger partial charge < -0.3 is 19.1 Å². The van der Waals surface area contributed by atoms with Crippen LogP contribution in [0.4, 0.5) is 0 Å². The molecule has 0 bridgehead atoms. The Morgan fingerprint density at radius 3 is 2.79 bits per heavy atom. The Morgan fingerprint density at radius 2 is 2.00 bits per heavy atom. The third-order valence-corrected chi connectivity index (χ3v) is 5.42. The number of carbonyl (C=O) groups excluding carboxylic acids is 1. The monoisotopic (exact) mass is 332 g/mol. The molecule has 0 unspecified atom stereocenters. The van der Waals surface area contributed by atoms with E-state index in [9.17, 15) is 4.79 Å². The van der Waals surface area contributed by atoms with Gasteiger partial charge in [-0.1, -0.05) is 0 Å². The molecular formula is C18H24N2O4. The molecule has 130 valence electrons. The zero-order valence-corrected chi connectivity index (χ0v) is 13.8. The number of aromatic nitrogens is 1. The van der Waals surface area contributed by atoms with Gasteiger partial charge in [0.15, 0.2) is 0 Å². The molecule has 0 spiro atoms. The molecule has 4 heterocycles. The maximum atomic E-state index is 12.8.